The van der Waals surface area contributed by atoms with E-state index in [1.807, 2.05) is 43.7 Å². The predicted molar refractivity (Wildman–Crippen MR) is 88.2 cm³/mol. The predicted octanol–water partition coefficient (Wildman–Crippen LogP) is 3.59. The molecule has 0 fully saturated rings. The van der Waals surface area contributed by atoms with Crippen LogP contribution in [0.3, 0.4) is 0 Å². The van der Waals surface area contributed by atoms with E-state index in [2.05, 4.69) is 11.1 Å². The molecule has 4 rings (SSSR count). The van der Waals surface area contributed by atoms with Gasteiger partial charge in [0.2, 0.25) is 0 Å². The first-order valence-corrected chi connectivity index (χ1v) is 7.49. The molecule has 3 aromatic rings. The molecule has 0 atom stereocenters. The summed E-state index contributed by atoms with van der Waals surface area (Å²) in [4.78, 5) is 17.3. The smallest absolute Gasteiger partial charge is 0.196 e. The average molecular weight is 301 g/mol. The highest BCUT2D eigenvalue weighted by Crippen LogP contribution is 2.44. The maximum Gasteiger partial charge on any atom is 0.196 e. The molecule has 0 saturated carbocycles. The van der Waals surface area contributed by atoms with Crippen molar-refractivity contribution in [2.45, 2.75) is 19.3 Å². The Balaban J connectivity index is 2.26. The fourth-order valence-corrected chi connectivity index (χ4v) is 3.66. The number of carbonyl (C=O) groups is 1. The SMILES string of the molecule is Cn1c(C(C)(C)C#N)c2c3c(cccc31)-c1cnccc1C2=O. The molecule has 23 heavy (non-hydrogen) atoms. The van der Waals surface area contributed by atoms with Crippen LogP contribution in [0.2, 0.25) is 0 Å². The third-order valence-corrected chi connectivity index (χ3v) is 4.68. The minimum atomic E-state index is -0.749. The van der Waals surface area contributed by atoms with Gasteiger partial charge < -0.3 is 4.57 Å². The zero-order valence-corrected chi connectivity index (χ0v) is 13.2. The molecule has 1 aliphatic rings. The Labute approximate surface area is 134 Å². The van der Waals surface area contributed by atoms with Gasteiger partial charge in [-0.25, -0.2) is 0 Å². The molecule has 0 bridgehead atoms. The van der Waals surface area contributed by atoms with Crippen LogP contribution < -0.4 is 0 Å². The summed E-state index contributed by atoms with van der Waals surface area (Å²) in [5.41, 5.74) is 4.18. The van der Waals surface area contributed by atoms with Crippen molar-refractivity contribution < 1.29 is 4.79 Å². The molecule has 2 aromatic heterocycles. The van der Waals surface area contributed by atoms with Gasteiger partial charge in [-0.15, -0.1) is 0 Å². The first kappa shape index (κ1) is 13.7. The van der Waals surface area contributed by atoms with E-state index in [0.29, 0.717) is 11.1 Å². The Morgan fingerprint density at radius 1 is 1.17 bits per heavy atom. The molecule has 4 heteroatoms. The molecule has 2 heterocycles. The van der Waals surface area contributed by atoms with Crippen molar-refractivity contribution >= 4 is 16.7 Å². The number of carbonyl (C=O) groups excluding carboxylic acids is 1. The number of aryl methyl sites for hydroxylation is 1. The number of hydrogen-bond donors (Lipinski definition) is 0. The van der Waals surface area contributed by atoms with Crippen molar-refractivity contribution in [3.63, 3.8) is 0 Å². The van der Waals surface area contributed by atoms with Crippen molar-refractivity contribution in [2.24, 2.45) is 7.05 Å². The highest BCUT2D eigenvalue weighted by molar-refractivity contribution is 6.26. The summed E-state index contributed by atoms with van der Waals surface area (Å²) in [6.07, 6.45) is 3.38. The lowest BCUT2D eigenvalue weighted by Gasteiger charge is -2.21. The lowest BCUT2D eigenvalue weighted by molar-refractivity contribution is 0.103. The topological polar surface area (TPSA) is 58.7 Å². The molecule has 0 radical (unpaired) electrons. The molecule has 0 aliphatic heterocycles. The molecule has 1 aliphatic carbocycles. The number of hydrogen-bond acceptors (Lipinski definition) is 3. The van der Waals surface area contributed by atoms with E-state index >= 15 is 0 Å². The minimum Gasteiger partial charge on any atom is -0.346 e. The molecule has 0 saturated heterocycles. The highest BCUT2D eigenvalue weighted by atomic mass is 16.1. The van der Waals surface area contributed by atoms with Crippen LogP contribution in [0.5, 0.6) is 0 Å². The van der Waals surface area contributed by atoms with Crippen molar-refractivity contribution in [3.05, 3.63) is 53.5 Å². The second-order valence-corrected chi connectivity index (χ2v) is 6.47. The number of rotatable bonds is 1. The quantitative estimate of drug-likeness (QED) is 0.540. The standard InChI is InChI=1S/C19H15N3O/c1-19(2,10-20)18-16-15-11(5-4-6-14(15)22(18)3)13-9-21-8-7-12(13)17(16)23/h4-9H,1-3H3. The van der Waals surface area contributed by atoms with Gasteiger partial charge in [0.25, 0.3) is 0 Å². The molecular formula is C19H15N3O. The lowest BCUT2D eigenvalue weighted by atomic mass is 9.81. The monoisotopic (exact) mass is 301 g/mol. The Bertz CT molecular complexity index is 1030. The van der Waals surface area contributed by atoms with Gasteiger partial charge >= 0.3 is 0 Å². The van der Waals surface area contributed by atoms with Gasteiger partial charge in [-0.1, -0.05) is 12.1 Å². The van der Waals surface area contributed by atoms with Gasteiger partial charge in [-0.05, 0) is 31.5 Å². The van der Waals surface area contributed by atoms with Gasteiger partial charge in [0, 0.05) is 47.2 Å². The first-order valence-electron chi connectivity index (χ1n) is 7.49. The van der Waals surface area contributed by atoms with Crippen LogP contribution in [0.25, 0.3) is 22.0 Å². The van der Waals surface area contributed by atoms with E-state index in [4.69, 9.17) is 0 Å². The van der Waals surface area contributed by atoms with Crippen molar-refractivity contribution in [1.82, 2.24) is 9.55 Å². The number of nitrogens with zero attached hydrogens (tertiary/aromatic N) is 3. The average Bonchev–Trinajstić information content (AvgIpc) is 2.87. The minimum absolute atomic E-state index is 0.0231. The zero-order valence-electron chi connectivity index (χ0n) is 13.2. The summed E-state index contributed by atoms with van der Waals surface area (Å²) in [6, 6.07) is 10.1. The lowest BCUT2D eigenvalue weighted by Crippen LogP contribution is -2.23. The van der Waals surface area contributed by atoms with Crippen LogP contribution in [0, 0.1) is 11.3 Å². The molecular weight excluding hydrogens is 286 g/mol. The number of benzene rings is 1. The summed E-state index contributed by atoms with van der Waals surface area (Å²) in [5.74, 6) is -0.0231. The third kappa shape index (κ3) is 1.59. The van der Waals surface area contributed by atoms with Crippen LogP contribution in [0.15, 0.2) is 36.7 Å². The Kier molecular flexibility index (Phi) is 2.56. The van der Waals surface area contributed by atoms with Crippen LogP contribution in [-0.2, 0) is 12.5 Å². The Morgan fingerprint density at radius 3 is 2.70 bits per heavy atom. The number of ketones is 1. The van der Waals surface area contributed by atoms with E-state index in [1.54, 1.807) is 18.5 Å². The molecule has 4 nitrogen and oxygen atoms in total. The largest absolute Gasteiger partial charge is 0.346 e. The number of aromatic nitrogens is 2. The van der Waals surface area contributed by atoms with Crippen LogP contribution in [0.4, 0.5) is 0 Å². The van der Waals surface area contributed by atoms with Gasteiger partial charge in [-0.2, -0.15) is 5.26 Å². The molecule has 0 spiro atoms. The van der Waals surface area contributed by atoms with E-state index in [9.17, 15) is 10.1 Å². The normalized spacial score (nSPS) is 13.0. The van der Waals surface area contributed by atoms with E-state index in [0.717, 1.165) is 27.7 Å². The fraction of sp³-hybridized carbons (Fsp3) is 0.211. The molecule has 1 aromatic carbocycles. The number of pyridine rings is 1. The Morgan fingerprint density at radius 2 is 1.96 bits per heavy atom. The van der Waals surface area contributed by atoms with Crippen molar-refractivity contribution in [1.29, 1.82) is 5.26 Å². The van der Waals surface area contributed by atoms with E-state index < -0.39 is 5.41 Å². The maximum absolute atomic E-state index is 13.1. The van der Waals surface area contributed by atoms with E-state index in [1.165, 1.54) is 0 Å². The number of nitriles is 1. The number of fused-ring (bicyclic) bond motifs is 2. The van der Waals surface area contributed by atoms with Crippen molar-refractivity contribution in [2.75, 3.05) is 0 Å². The van der Waals surface area contributed by atoms with Gasteiger partial charge in [0.05, 0.1) is 17.0 Å². The van der Waals surface area contributed by atoms with E-state index in [-0.39, 0.29) is 5.78 Å². The first-order chi connectivity index (χ1) is 11.0. The van der Waals surface area contributed by atoms with Crippen LogP contribution in [-0.4, -0.2) is 15.3 Å². The summed E-state index contributed by atoms with van der Waals surface area (Å²) >= 11 is 0. The molecule has 112 valence electrons. The Hall–Kier alpha value is -2.93. The molecule has 0 unspecified atom stereocenters. The third-order valence-electron chi connectivity index (χ3n) is 4.68. The van der Waals surface area contributed by atoms with Crippen LogP contribution >= 0.6 is 0 Å². The maximum atomic E-state index is 13.1. The van der Waals surface area contributed by atoms with Gasteiger partial charge in [-0.3, -0.25) is 9.78 Å². The van der Waals surface area contributed by atoms with Gasteiger partial charge in [0.15, 0.2) is 5.78 Å². The van der Waals surface area contributed by atoms with Gasteiger partial charge in [0.1, 0.15) is 0 Å². The van der Waals surface area contributed by atoms with Crippen LogP contribution in [0.1, 0.15) is 35.5 Å². The van der Waals surface area contributed by atoms with Crippen molar-refractivity contribution in [3.8, 4) is 17.2 Å². The second kappa shape index (κ2) is 4.30. The summed E-state index contributed by atoms with van der Waals surface area (Å²) in [5, 5.41) is 10.5. The fourth-order valence-electron chi connectivity index (χ4n) is 3.66. The summed E-state index contributed by atoms with van der Waals surface area (Å²) in [6.45, 7) is 3.71. The highest BCUT2D eigenvalue weighted by Gasteiger charge is 2.36. The summed E-state index contributed by atoms with van der Waals surface area (Å²) in [7, 11) is 1.92. The molecule has 0 N–H and O–H groups in total. The zero-order chi connectivity index (χ0) is 16.4. The molecule has 0 amide bonds. The summed E-state index contributed by atoms with van der Waals surface area (Å²) < 4.78 is 1.98. The second-order valence-electron chi connectivity index (χ2n) is 6.47.